The van der Waals surface area contributed by atoms with E-state index in [2.05, 4.69) is 112 Å². The number of allylic oxidation sites excluding steroid dienone is 2. The second-order valence-corrected chi connectivity index (χ2v) is 13.0. The van der Waals surface area contributed by atoms with Crippen LogP contribution in [0, 0.1) is 0 Å². The van der Waals surface area contributed by atoms with Crippen molar-refractivity contribution in [1.29, 1.82) is 0 Å². The van der Waals surface area contributed by atoms with Crippen LogP contribution < -0.4 is 9.47 Å². The molecule has 1 aliphatic carbocycles. The van der Waals surface area contributed by atoms with E-state index in [1.807, 2.05) is 66.7 Å². The van der Waals surface area contributed by atoms with Crippen LogP contribution in [-0.4, -0.2) is 11.9 Å². The summed E-state index contributed by atoms with van der Waals surface area (Å²) in [6.45, 7) is 12.3. The second kappa shape index (κ2) is 13.9. The van der Waals surface area contributed by atoms with E-state index in [0.29, 0.717) is 29.7 Å². The Hall–Kier alpha value is -5.93. The Balaban J connectivity index is 1.35. The van der Waals surface area contributed by atoms with Crippen LogP contribution in [0.4, 0.5) is 0 Å². The predicted octanol–water partition coefficient (Wildman–Crippen LogP) is 11.3. The first-order chi connectivity index (χ1) is 24.4. The van der Waals surface area contributed by atoms with Crippen molar-refractivity contribution in [3.05, 3.63) is 209 Å². The normalized spacial score (nSPS) is 12.5. The third-order valence-electron chi connectivity index (χ3n) is 9.41. The highest BCUT2D eigenvalue weighted by Gasteiger charge is 2.46. The van der Waals surface area contributed by atoms with E-state index in [4.69, 9.17) is 9.47 Å². The van der Waals surface area contributed by atoms with Gasteiger partial charge in [-0.1, -0.05) is 115 Å². The number of carbonyl (C=O) groups is 1. The van der Waals surface area contributed by atoms with E-state index in [0.717, 1.165) is 28.2 Å². The highest BCUT2D eigenvalue weighted by atomic mass is 16.5. The lowest BCUT2D eigenvalue weighted by atomic mass is 9.67. The van der Waals surface area contributed by atoms with Gasteiger partial charge in [0.15, 0.2) is 5.78 Å². The molecule has 6 aromatic carbocycles. The Morgan fingerprint density at radius 3 is 1.68 bits per heavy atom. The molecule has 3 nitrogen and oxygen atoms in total. The number of carbonyl (C=O) groups excluding carboxylic acids is 1. The molecule has 0 aliphatic heterocycles. The summed E-state index contributed by atoms with van der Waals surface area (Å²) in [5.41, 5.74) is 10.1. The number of hydrogen-bond acceptors (Lipinski definition) is 3. The van der Waals surface area contributed by atoms with Crippen molar-refractivity contribution in [3.8, 4) is 28.4 Å². The summed E-state index contributed by atoms with van der Waals surface area (Å²) in [6, 6.07) is 47.3. The Morgan fingerprint density at radius 1 is 0.620 bits per heavy atom. The molecule has 6 aromatic rings. The van der Waals surface area contributed by atoms with Gasteiger partial charge in [0.2, 0.25) is 0 Å². The molecule has 0 unspecified atom stereocenters. The molecule has 0 saturated heterocycles. The SMILES string of the molecule is C=CCc1cc(C2(c3ccc(OC(C)C)c(CC=C)c3)c3ccccc3-c3ccccc32)ccc1Oc1ccc(C(=O)c2ccccc2)cc1. The summed E-state index contributed by atoms with van der Waals surface area (Å²) < 4.78 is 12.8. The van der Waals surface area contributed by atoms with Crippen LogP contribution in [-0.2, 0) is 18.3 Å². The Kier molecular flexibility index (Phi) is 9.06. The summed E-state index contributed by atoms with van der Waals surface area (Å²) in [5.74, 6) is 2.27. The number of hydrogen-bond donors (Lipinski definition) is 0. The predicted molar refractivity (Wildman–Crippen MR) is 204 cm³/mol. The van der Waals surface area contributed by atoms with Crippen molar-refractivity contribution >= 4 is 5.78 Å². The van der Waals surface area contributed by atoms with Gasteiger partial charge in [-0.3, -0.25) is 4.79 Å². The van der Waals surface area contributed by atoms with Gasteiger partial charge in [0.1, 0.15) is 17.2 Å². The van der Waals surface area contributed by atoms with Crippen molar-refractivity contribution in [3.63, 3.8) is 0 Å². The molecule has 0 atom stereocenters. The van der Waals surface area contributed by atoms with Crippen LogP contribution in [0.5, 0.6) is 17.2 Å². The Morgan fingerprint density at radius 2 is 1.12 bits per heavy atom. The summed E-state index contributed by atoms with van der Waals surface area (Å²) >= 11 is 0. The molecule has 0 aromatic heterocycles. The molecule has 50 heavy (non-hydrogen) atoms. The molecule has 0 N–H and O–H groups in total. The van der Waals surface area contributed by atoms with E-state index in [1.165, 1.54) is 27.8 Å². The molecule has 0 radical (unpaired) electrons. The number of fused-ring (bicyclic) bond motifs is 3. The van der Waals surface area contributed by atoms with Gasteiger partial charge in [0, 0.05) is 11.1 Å². The molecular formula is C47H40O3. The van der Waals surface area contributed by atoms with Gasteiger partial charge in [-0.15, -0.1) is 13.2 Å². The van der Waals surface area contributed by atoms with E-state index in [1.54, 1.807) is 0 Å². The third-order valence-corrected chi connectivity index (χ3v) is 9.41. The average molecular weight is 653 g/mol. The average Bonchev–Trinajstić information content (AvgIpc) is 3.45. The quantitative estimate of drug-likeness (QED) is 0.0973. The van der Waals surface area contributed by atoms with Gasteiger partial charge in [-0.2, -0.15) is 0 Å². The molecule has 7 rings (SSSR count). The number of rotatable bonds is 12. The first kappa shape index (κ1) is 32.6. The Labute approximate surface area is 295 Å². The Bertz CT molecular complexity index is 2150. The minimum absolute atomic E-state index is 0.0173. The van der Waals surface area contributed by atoms with Crippen molar-refractivity contribution in [1.82, 2.24) is 0 Å². The van der Waals surface area contributed by atoms with Gasteiger partial charge >= 0.3 is 0 Å². The molecule has 3 heteroatoms. The summed E-state index contributed by atoms with van der Waals surface area (Å²) in [5, 5.41) is 0. The summed E-state index contributed by atoms with van der Waals surface area (Å²) in [4.78, 5) is 13.0. The van der Waals surface area contributed by atoms with Crippen LogP contribution >= 0.6 is 0 Å². The van der Waals surface area contributed by atoms with Gasteiger partial charge in [-0.25, -0.2) is 0 Å². The van der Waals surface area contributed by atoms with Gasteiger partial charge < -0.3 is 9.47 Å². The maximum Gasteiger partial charge on any atom is 0.193 e. The standard InChI is InChI=1S/C47H40O3/c1-5-14-35-30-37(24-28-44(35)49-32(3)4)47(42-20-12-10-18-40(42)41-19-11-13-21-43(41)47)38-25-29-45(36(31-38)15-6-2)50-39-26-22-34(23-27-39)46(48)33-16-8-7-9-17-33/h5-13,16-32H,1-2,14-15H2,3-4H3. The first-order valence-corrected chi connectivity index (χ1v) is 17.2. The molecular weight excluding hydrogens is 613 g/mol. The second-order valence-electron chi connectivity index (χ2n) is 13.0. The third kappa shape index (κ3) is 5.86. The zero-order valence-electron chi connectivity index (χ0n) is 28.6. The maximum atomic E-state index is 13.0. The smallest absolute Gasteiger partial charge is 0.193 e. The molecule has 0 amide bonds. The van der Waals surface area contributed by atoms with Crippen LogP contribution in [0.25, 0.3) is 11.1 Å². The number of ketones is 1. The van der Waals surface area contributed by atoms with Gasteiger partial charge in [0.25, 0.3) is 0 Å². The van der Waals surface area contributed by atoms with Crippen molar-refractivity contribution in [2.75, 3.05) is 0 Å². The zero-order chi connectivity index (χ0) is 34.7. The molecule has 1 aliphatic rings. The highest BCUT2D eigenvalue weighted by molar-refractivity contribution is 6.09. The van der Waals surface area contributed by atoms with E-state index in [-0.39, 0.29) is 11.9 Å². The van der Waals surface area contributed by atoms with E-state index >= 15 is 0 Å². The lowest BCUT2D eigenvalue weighted by molar-refractivity contribution is 0.103. The first-order valence-electron chi connectivity index (χ1n) is 17.2. The topological polar surface area (TPSA) is 35.5 Å². The molecule has 0 heterocycles. The molecule has 0 spiro atoms. The van der Waals surface area contributed by atoms with Crippen molar-refractivity contribution in [2.24, 2.45) is 0 Å². The summed E-state index contributed by atoms with van der Waals surface area (Å²) in [6.07, 6.45) is 5.22. The number of benzene rings is 6. The van der Waals surface area contributed by atoms with Gasteiger partial charge in [0.05, 0.1) is 11.5 Å². The minimum Gasteiger partial charge on any atom is -0.491 e. The van der Waals surface area contributed by atoms with E-state index < -0.39 is 5.41 Å². The monoisotopic (exact) mass is 652 g/mol. The van der Waals surface area contributed by atoms with Crippen molar-refractivity contribution in [2.45, 2.75) is 38.2 Å². The highest BCUT2D eigenvalue weighted by Crippen LogP contribution is 2.56. The van der Waals surface area contributed by atoms with Crippen LogP contribution in [0.15, 0.2) is 165 Å². The lowest BCUT2D eigenvalue weighted by Crippen LogP contribution is -2.29. The summed E-state index contributed by atoms with van der Waals surface area (Å²) in [7, 11) is 0. The van der Waals surface area contributed by atoms with Crippen LogP contribution in [0.2, 0.25) is 0 Å². The van der Waals surface area contributed by atoms with E-state index in [9.17, 15) is 4.79 Å². The fourth-order valence-corrected chi connectivity index (χ4v) is 7.31. The number of ether oxygens (including phenoxy) is 2. The largest absolute Gasteiger partial charge is 0.491 e. The minimum atomic E-state index is -0.590. The molecule has 246 valence electrons. The maximum absolute atomic E-state index is 13.0. The fourth-order valence-electron chi connectivity index (χ4n) is 7.31. The molecule has 0 saturated carbocycles. The lowest BCUT2D eigenvalue weighted by Gasteiger charge is -2.35. The fraction of sp³-hybridized carbons (Fsp3) is 0.128. The van der Waals surface area contributed by atoms with Gasteiger partial charge in [-0.05, 0) is 108 Å². The molecule has 0 bridgehead atoms. The van der Waals surface area contributed by atoms with Crippen LogP contribution in [0.1, 0.15) is 63.1 Å². The van der Waals surface area contributed by atoms with Crippen molar-refractivity contribution < 1.29 is 14.3 Å². The molecule has 0 fully saturated rings. The van der Waals surface area contributed by atoms with Crippen LogP contribution in [0.3, 0.4) is 0 Å². The zero-order valence-corrected chi connectivity index (χ0v) is 28.6.